The van der Waals surface area contributed by atoms with Gasteiger partial charge in [0.25, 0.3) is 0 Å². The van der Waals surface area contributed by atoms with E-state index in [1.54, 1.807) is 0 Å². The van der Waals surface area contributed by atoms with Crippen molar-refractivity contribution in [2.24, 2.45) is 5.92 Å². The molecule has 2 aliphatic rings. The van der Waals surface area contributed by atoms with E-state index in [1.807, 2.05) is 12.4 Å². The molecule has 0 spiro atoms. The van der Waals surface area contributed by atoms with Crippen molar-refractivity contribution in [1.29, 1.82) is 0 Å². The first kappa shape index (κ1) is 12.4. The molecule has 2 saturated heterocycles. The molecular formula is C14H20BrN3. The van der Waals surface area contributed by atoms with Gasteiger partial charge in [0.2, 0.25) is 0 Å². The van der Waals surface area contributed by atoms with E-state index in [-0.39, 0.29) is 0 Å². The number of pyridine rings is 1. The molecule has 98 valence electrons. The van der Waals surface area contributed by atoms with Crippen LogP contribution >= 0.6 is 15.9 Å². The number of aromatic nitrogens is 1. The highest BCUT2D eigenvalue weighted by atomic mass is 79.9. The second kappa shape index (κ2) is 5.57. The SMILES string of the molecule is Brc1cnccc1N1CCCC(C2CCCN2)C1. The van der Waals surface area contributed by atoms with E-state index in [2.05, 4.69) is 37.2 Å². The van der Waals surface area contributed by atoms with Crippen LogP contribution in [-0.4, -0.2) is 30.7 Å². The number of piperidine rings is 1. The lowest BCUT2D eigenvalue weighted by atomic mass is 9.89. The van der Waals surface area contributed by atoms with Gasteiger partial charge in [0, 0.05) is 31.5 Å². The Morgan fingerprint density at radius 2 is 2.28 bits per heavy atom. The van der Waals surface area contributed by atoms with Crippen LogP contribution in [0.4, 0.5) is 5.69 Å². The molecule has 1 aromatic heterocycles. The third-order valence-electron chi connectivity index (χ3n) is 4.22. The monoisotopic (exact) mass is 309 g/mol. The van der Waals surface area contributed by atoms with Crippen molar-refractivity contribution in [2.75, 3.05) is 24.5 Å². The normalized spacial score (nSPS) is 28.6. The Labute approximate surface area is 117 Å². The molecular weight excluding hydrogens is 290 g/mol. The van der Waals surface area contributed by atoms with E-state index in [0.29, 0.717) is 0 Å². The third-order valence-corrected chi connectivity index (χ3v) is 4.83. The van der Waals surface area contributed by atoms with Gasteiger partial charge in [-0.3, -0.25) is 4.98 Å². The van der Waals surface area contributed by atoms with E-state index in [4.69, 9.17) is 0 Å². The van der Waals surface area contributed by atoms with Gasteiger partial charge in [0.05, 0.1) is 10.2 Å². The van der Waals surface area contributed by atoms with Crippen molar-refractivity contribution < 1.29 is 0 Å². The van der Waals surface area contributed by atoms with Crippen LogP contribution in [0.15, 0.2) is 22.9 Å². The first-order valence-corrected chi connectivity index (χ1v) is 7.72. The Bertz CT molecular complexity index is 404. The van der Waals surface area contributed by atoms with E-state index in [9.17, 15) is 0 Å². The number of nitrogens with one attached hydrogen (secondary N) is 1. The molecule has 1 aromatic rings. The molecule has 0 aromatic carbocycles. The molecule has 3 nitrogen and oxygen atoms in total. The van der Waals surface area contributed by atoms with Crippen LogP contribution in [0.5, 0.6) is 0 Å². The number of hydrogen-bond donors (Lipinski definition) is 1. The Hall–Kier alpha value is -0.610. The molecule has 2 fully saturated rings. The summed E-state index contributed by atoms with van der Waals surface area (Å²) in [6.07, 6.45) is 9.16. The summed E-state index contributed by atoms with van der Waals surface area (Å²) in [5, 5.41) is 3.66. The van der Waals surface area contributed by atoms with Gasteiger partial charge in [0.15, 0.2) is 0 Å². The van der Waals surface area contributed by atoms with Gasteiger partial charge in [-0.05, 0) is 60.1 Å². The van der Waals surface area contributed by atoms with E-state index < -0.39 is 0 Å². The molecule has 3 rings (SSSR count). The maximum Gasteiger partial charge on any atom is 0.0592 e. The molecule has 0 amide bonds. The second-order valence-electron chi connectivity index (χ2n) is 5.38. The lowest BCUT2D eigenvalue weighted by Gasteiger charge is -2.37. The molecule has 2 aliphatic heterocycles. The van der Waals surface area contributed by atoms with Crippen LogP contribution in [0.3, 0.4) is 0 Å². The van der Waals surface area contributed by atoms with Crippen molar-refractivity contribution in [3.63, 3.8) is 0 Å². The third kappa shape index (κ3) is 2.54. The minimum Gasteiger partial charge on any atom is -0.370 e. The fourth-order valence-electron chi connectivity index (χ4n) is 3.30. The Kier molecular flexibility index (Phi) is 3.85. The summed E-state index contributed by atoms with van der Waals surface area (Å²) in [6, 6.07) is 2.86. The number of rotatable bonds is 2. The molecule has 4 heteroatoms. The van der Waals surface area contributed by atoms with Gasteiger partial charge in [-0.25, -0.2) is 0 Å². The van der Waals surface area contributed by atoms with Crippen LogP contribution in [0.2, 0.25) is 0 Å². The zero-order valence-electron chi connectivity index (χ0n) is 10.6. The maximum absolute atomic E-state index is 4.15. The fourth-order valence-corrected chi connectivity index (χ4v) is 3.80. The summed E-state index contributed by atoms with van der Waals surface area (Å²) in [4.78, 5) is 6.66. The van der Waals surface area contributed by atoms with Gasteiger partial charge in [0.1, 0.15) is 0 Å². The van der Waals surface area contributed by atoms with Crippen LogP contribution in [-0.2, 0) is 0 Å². The van der Waals surface area contributed by atoms with Gasteiger partial charge in [-0.1, -0.05) is 0 Å². The highest BCUT2D eigenvalue weighted by molar-refractivity contribution is 9.10. The van der Waals surface area contributed by atoms with Gasteiger partial charge in [-0.2, -0.15) is 0 Å². The van der Waals surface area contributed by atoms with Gasteiger partial charge in [-0.15, -0.1) is 0 Å². The summed E-state index contributed by atoms with van der Waals surface area (Å²) >= 11 is 3.62. The number of anilines is 1. The summed E-state index contributed by atoms with van der Waals surface area (Å²) < 4.78 is 1.12. The highest BCUT2D eigenvalue weighted by Gasteiger charge is 2.29. The van der Waals surface area contributed by atoms with Gasteiger partial charge < -0.3 is 10.2 Å². The van der Waals surface area contributed by atoms with Crippen LogP contribution in [0, 0.1) is 5.92 Å². The quantitative estimate of drug-likeness (QED) is 0.910. The Morgan fingerprint density at radius 1 is 1.33 bits per heavy atom. The van der Waals surface area contributed by atoms with Crippen LogP contribution in [0.1, 0.15) is 25.7 Å². The van der Waals surface area contributed by atoms with Crippen LogP contribution in [0.25, 0.3) is 0 Å². The van der Waals surface area contributed by atoms with E-state index in [0.717, 1.165) is 16.4 Å². The minimum atomic E-state index is 0.744. The summed E-state index contributed by atoms with van der Waals surface area (Å²) in [5.74, 6) is 0.807. The molecule has 0 saturated carbocycles. The Balaban J connectivity index is 1.72. The largest absolute Gasteiger partial charge is 0.370 e. The molecule has 3 heterocycles. The predicted octanol–water partition coefficient (Wildman–Crippen LogP) is 2.81. The summed E-state index contributed by atoms with van der Waals surface area (Å²) in [7, 11) is 0. The van der Waals surface area contributed by atoms with Crippen LogP contribution < -0.4 is 10.2 Å². The first-order valence-electron chi connectivity index (χ1n) is 6.92. The molecule has 2 atom stereocenters. The minimum absolute atomic E-state index is 0.744. The summed E-state index contributed by atoms with van der Waals surface area (Å²) in [5.41, 5.74) is 1.30. The second-order valence-corrected chi connectivity index (χ2v) is 6.23. The zero-order chi connectivity index (χ0) is 12.4. The average molecular weight is 310 g/mol. The molecule has 0 bridgehead atoms. The van der Waals surface area contributed by atoms with Crippen molar-refractivity contribution >= 4 is 21.6 Å². The number of hydrogen-bond acceptors (Lipinski definition) is 3. The zero-order valence-corrected chi connectivity index (χ0v) is 12.2. The summed E-state index contributed by atoms with van der Waals surface area (Å²) in [6.45, 7) is 3.56. The van der Waals surface area contributed by atoms with Crippen molar-refractivity contribution in [1.82, 2.24) is 10.3 Å². The maximum atomic E-state index is 4.15. The first-order chi connectivity index (χ1) is 8.84. The Morgan fingerprint density at radius 3 is 3.06 bits per heavy atom. The molecule has 18 heavy (non-hydrogen) atoms. The van der Waals surface area contributed by atoms with Crippen molar-refractivity contribution in [2.45, 2.75) is 31.7 Å². The molecule has 2 unspecified atom stereocenters. The van der Waals surface area contributed by atoms with Crippen molar-refractivity contribution in [3.05, 3.63) is 22.9 Å². The topological polar surface area (TPSA) is 28.2 Å². The molecule has 1 N–H and O–H groups in total. The molecule has 0 aliphatic carbocycles. The van der Waals surface area contributed by atoms with Gasteiger partial charge >= 0.3 is 0 Å². The fraction of sp³-hybridized carbons (Fsp3) is 0.643. The van der Waals surface area contributed by atoms with E-state index in [1.165, 1.54) is 51.0 Å². The van der Waals surface area contributed by atoms with E-state index >= 15 is 0 Å². The smallest absolute Gasteiger partial charge is 0.0592 e. The lowest BCUT2D eigenvalue weighted by Crippen LogP contribution is -2.43. The average Bonchev–Trinajstić information content (AvgIpc) is 2.93. The lowest BCUT2D eigenvalue weighted by molar-refractivity contribution is 0.328. The highest BCUT2D eigenvalue weighted by Crippen LogP contribution is 2.31. The van der Waals surface area contributed by atoms with Crippen molar-refractivity contribution in [3.8, 4) is 0 Å². The number of nitrogens with zero attached hydrogens (tertiary/aromatic N) is 2. The number of halogens is 1. The predicted molar refractivity (Wildman–Crippen MR) is 77.9 cm³/mol. The standard InChI is InChI=1S/C14H20BrN3/c15-12-9-16-7-5-14(12)18-8-2-3-11(10-18)13-4-1-6-17-13/h5,7,9,11,13,17H,1-4,6,8,10H2. The molecule has 0 radical (unpaired) electrons.